The standard InChI is InChI=1S/C42H76N2O13/c1-17-30-42(11,49)36(50-15)27(7)44(14)22-23(3)20-40(9,48)35(57-39-33(46)29(43(12)13)19-24(4)52-39)25(5)34(26(6)38(47)54-30)56-32-21-41(10,51-16)37(28(8)53-32)55-31(45)18-2/h18,23-30,32-37,39,46,48-49H,2,17,19-22H2,1,3-16H3/t23-,24-,25+,26-,27-,28+,29+,30-,32?,33-,34+,35-,36-,37+,39?,40-,41-,42-/m1/s1. The second kappa shape index (κ2) is 20.2. The number of aliphatic hydroxyl groups excluding tert-OH is 1. The second-order valence-electron chi connectivity index (χ2n) is 18.0. The largest absolute Gasteiger partial charge is 0.459 e. The fourth-order valence-corrected chi connectivity index (χ4v) is 9.54. The van der Waals surface area contributed by atoms with Crippen molar-refractivity contribution in [2.24, 2.45) is 17.8 Å². The number of methoxy groups -OCH3 is 2. The molecule has 0 amide bonds. The van der Waals surface area contributed by atoms with Gasteiger partial charge in [0.1, 0.15) is 29.5 Å². The maximum atomic E-state index is 14.5. The Hall–Kier alpha value is -1.76. The first-order valence-corrected chi connectivity index (χ1v) is 20.6. The lowest BCUT2D eigenvalue weighted by atomic mass is 9.77. The number of carbonyl (C=O) groups excluding carboxylic acids is 2. The summed E-state index contributed by atoms with van der Waals surface area (Å²) in [4.78, 5) is 30.8. The van der Waals surface area contributed by atoms with Crippen molar-refractivity contribution in [3.05, 3.63) is 12.7 Å². The van der Waals surface area contributed by atoms with Gasteiger partial charge in [-0.15, -0.1) is 0 Å². The zero-order valence-corrected chi connectivity index (χ0v) is 37.3. The Labute approximate surface area is 341 Å². The number of rotatable bonds is 10. The first kappa shape index (κ1) is 49.6. The molecule has 0 aromatic heterocycles. The number of aliphatic hydroxyl groups is 3. The van der Waals surface area contributed by atoms with Gasteiger partial charge in [-0.1, -0.05) is 27.4 Å². The summed E-state index contributed by atoms with van der Waals surface area (Å²) >= 11 is 0. The van der Waals surface area contributed by atoms with Crippen molar-refractivity contribution in [2.45, 2.75) is 185 Å². The summed E-state index contributed by atoms with van der Waals surface area (Å²) in [6.07, 6.45) is -6.43. The van der Waals surface area contributed by atoms with Gasteiger partial charge >= 0.3 is 11.9 Å². The van der Waals surface area contributed by atoms with Crippen LogP contribution < -0.4 is 0 Å². The Morgan fingerprint density at radius 3 is 2.18 bits per heavy atom. The van der Waals surface area contributed by atoms with Crippen LogP contribution in [0.2, 0.25) is 0 Å². The van der Waals surface area contributed by atoms with Crippen LogP contribution in [-0.2, 0) is 47.5 Å². The topological polar surface area (TPSA) is 175 Å². The van der Waals surface area contributed by atoms with Crippen molar-refractivity contribution in [1.29, 1.82) is 0 Å². The second-order valence-corrected chi connectivity index (χ2v) is 18.0. The molecule has 3 N–H and O–H groups in total. The van der Waals surface area contributed by atoms with Crippen LogP contribution in [0.25, 0.3) is 0 Å². The van der Waals surface area contributed by atoms with Crippen LogP contribution in [0.4, 0.5) is 0 Å². The van der Waals surface area contributed by atoms with E-state index in [9.17, 15) is 24.9 Å². The van der Waals surface area contributed by atoms with Gasteiger partial charge in [-0.05, 0) is 94.8 Å². The van der Waals surface area contributed by atoms with Gasteiger partial charge in [0.2, 0.25) is 0 Å². The van der Waals surface area contributed by atoms with E-state index in [-0.39, 0.29) is 36.9 Å². The predicted molar refractivity (Wildman–Crippen MR) is 213 cm³/mol. The van der Waals surface area contributed by atoms with Crippen molar-refractivity contribution in [1.82, 2.24) is 9.80 Å². The lowest BCUT2D eigenvalue weighted by Crippen LogP contribution is -2.61. The predicted octanol–water partition coefficient (Wildman–Crippen LogP) is 3.29. The summed E-state index contributed by atoms with van der Waals surface area (Å²) in [6.45, 7) is 22.1. The van der Waals surface area contributed by atoms with E-state index in [4.69, 9.17) is 37.9 Å². The van der Waals surface area contributed by atoms with Gasteiger partial charge in [-0.2, -0.15) is 0 Å². The molecule has 3 aliphatic heterocycles. The van der Waals surface area contributed by atoms with Crippen LogP contribution in [0.3, 0.4) is 0 Å². The molecule has 0 aromatic carbocycles. The van der Waals surface area contributed by atoms with Crippen LogP contribution in [-0.4, -0.2) is 169 Å². The lowest BCUT2D eigenvalue weighted by molar-refractivity contribution is -0.318. The number of hydrogen-bond donors (Lipinski definition) is 3. The van der Waals surface area contributed by atoms with Crippen molar-refractivity contribution in [3.63, 3.8) is 0 Å². The van der Waals surface area contributed by atoms with Crippen molar-refractivity contribution in [2.75, 3.05) is 41.9 Å². The fraction of sp³-hybridized carbons (Fsp3) is 0.905. The van der Waals surface area contributed by atoms with Crippen molar-refractivity contribution >= 4 is 11.9 Å². The van der Waals surface area contributed by atoms with Gasteiger partial charge in [0, 0.05) is 51.3 Å². The summed E-state index contributed by atoms with van der Waals surface area (Å²) < 4.78 is 50.0. The van der Waals surface area contributed by atoms with E-state index in [0.29, 0.717) is 19.4 Å². The number of esters is 2. The zero-order valence-electron chi connectivity index (χ0n) is 37.3. The van der Waals surface area contributed by atoms with Crippen LogP contribution in [0.5, 0.6) is 0 Å². The molecule has 3 fully saturated rings. The Bertz CT molecular complexity index is 1320. The van der Waals surface area contributed by atoms with Crippen LogP contribution in [0.15, 0.2) is 12.7 Å². The Morgan fingerprint density at radius 1 is 1.00 bits per heavy atom. The first-order valence-electron chi connectivity index (χ1n) is 20.6. The monoisotopic (exact) mass is 817 g/mol. The van der Waals surface area contributed by atoms with Gasteiger partial charge in [-0.3, -0.25) is 4.79 Å². The van der Waals surface area contributed by atoms with Gasteiger partial charge < -0.3 is 63.0 Å². The maximum absolute atomic E-state index is 14.5. The average molecular weight is 817 g/mol. The van der Waals surface area contributed by atoms with E-state index >= 15 is 0 Å². The highest BCUT2D eigenvalue weighted by Crippen LogP contribution is 2.41. The van der Waals surface area contributed by atoms with Crippen molar-refractivity contribution in [3.8, 4) is 0 Å². The fourth-order valence-electron chi connectivity index (χ4n) is 9.54. The van der Waals surface area contributed by atoms with E-state index < -0.39 is 95.9 Å². The van der Waals surface area contributed by atoms with Gasteiger partial charge in [0.25, 0.3) is 0 Å². The van der Waals surface area contributed by atoms with Crippen molar-refractivity contribution < 1.29 is 62.8 Å². The molecule has 2 unspecified atom stereocenters. The molecule has 15 heteroatoms. The highest BCUT2D eigenvalue weighted by molar-refractivity contribution is 5.81. The summed E-state index contributed by atoms with van der Waals surface area (Å²) in [5.41, 5.74) is -4.22. The third-order valence-electron chi connectivity index (χ3n) is 12.8. The minimum atomic E-state index is -1.59. The smallest absolute Gasteiger partial charge is 0.330 e. The minimum Gasteiger partial charge on any atom is -0.459 e. The Kier molecular flexibility index (Phi) is 17.6. The molecular weight excluding hydrogens is 740 g/mol. The summed E-state index contributed by atoms with van der Waals surface area (Å²) in [7, 11) is 8.75. The molecule has 3 saturated heterocycles. The normalized spacial score (nSPS) is 46.1. The number of cyclic esters (lactones) is 1. The molecule has 0 aliphatic carbocycles. The van der Waals surface area contributed by atoms with Gasteiger partial charge in [0.05, 0.1) is 35.9 Å². The highest BCUT2D eigenvalue weighted by atomic mass is 16.7. The SMILES string of the molecule is C=CC(=O)O[C@H]1[C@H](C)OC(O[C@H]2[C@H](C)[C@@H](OC3O[C@H](C)C[C@H](N(C)C)[C@H]3O)[C@](C)(O)C[C@@H](C)CN(C)[C@H](C)[C@@H](OC)[C@](C)(O)[C@@H](CC)OC(=O)[C@@H]2C)C[C@@]1(C)OC. The van der Waals surface area contributed by atoms with Crippen LogP contribution >= 0.6 is 0 Å². The molecule has 0 radical (unpaired) electrons. The number of carbonyl (C=O) groups is 2. The molecule has 0 spiro atoms. The molecule has 0 aromatic rings. The average Bonchev–Trinajstić information content (AvgIpc) is 3.12. The molecule has 332 valence electrons. The van der Waals surface area contributed by atoms with Gasteiger partial charge in [-0.25, -0.2) is 4.79 Å². The molecule has 18 atom stereocenters. The summed E-state index contributed by atoms with van der Waals surface area (Å²) in [5, 5.41) is 36.4. The Morgan fingerprint density at radius 2 is 1.63 bits per heavy atom. The molecule has 3 heterocycles. The molecule has 15 nitrogen and oxygen atoms in total. The zero-order chi connectivity index (χ0) is 43.4. The van der Waals surface area contributed by atoms with Gasteiger partial charge in [0.15, 0.2) is 18.7 Å². The van der Waals surface area contributed by atoms with E-state index in [0.717, 1.165) is 6.08 Å². The summed E-state index contributed by atoms with van der Waals surface area (Å²) in [5.74, 6) is -3.16. The molecule has 57 heavy (non-hydrogen) atoms. The molecule has 0 saturated carbocycles. The maximum Gasteiger partial charge on any atom is 0.330 e. The van der Waals surface area contributed by atoms with E-state index in [1.807, 2.05) is 60.7 Å². The summed E-state index contributed by atoms with van der Waals surface area (Å²) in [6, 6.07) is -0.601. The number of ether oxygens (including phenoxy) is 8. The lowest BCUT2D eigenvalue weighted by Gasteiger charge is -2.49. The quantitative estimate of drug-likeness (QED) is 0.216. The minimum absolute atomic E-state index is 0.103. The number of hydrogen-bond acceptors (Lipinski definition) is 15. The number of likely N-dealkylation sites (N-methyl/N-ethyl adjacent to an activating group) is 2. The molecule has 0 bridgehead atoms. The third kappa shape index (κ3) is 11.5. The van der Waals surface area contributed by atoms with E-state index in [1.54, 1.807) is 34.6 Å². The van der Waals surface area contributed by atoms with Crippen LogP contribution in [0, 0.1) is 17.8 Å². The van der Waals surface area contributed by atoms with E-state index in [1.165, 1.54) is 14.2 Å². The van der Waals surface area contributed by atoms with Crippen LogP contribution in [0.1, 0.15) is 94.9 Å². The highest BCUT2D eigenvalue weighted by Gasteiger charge is 2.53. The Balaban J connectivity index is 2.20. The van der Waals surface area contributed by atoms with E-state index in [2.05, 4.69) is 11.5 Å². The first-order chi connectivity index (χ1) is 26.4. The molecule has 3 rings (SSSR count). The number of nitrogens with zero attached hydrogens (tertiary/aromatic N) is 2. The third-order valence-corrected chi connectivity index (χ3v) is 12.8. The molecular formula is C42H76N2O13. The molecule has 3 aliphatic rings.